The molecule has 0 radical (unpaired) electrons. The van der Waals surface area contributed by atoms with Crippen molar-refractivity contribution in [1.82, 2.24) is 4.57 Å². The van der Waals surface area contributed by atoms with Crippen LogP contribution in [0.15, 0.2) is 16.9 Å². The van der Waals surface area contributed by atoms with Gasteiger partial charge in [0.2, 0.25) is 0 Å². The third kappa shape index (κ3) is 2.92. The zero-order valence-corrected chi connectivity index (χ0v) is 12.9. The summed E-state index contributed by atoms with van der Waals surface area (Å²) in [5.41, 5.74) is 7.49. The van der Waals surface area contributed by atoms with Crippen LogP contribution in [0.3, 0.4) is 0 Å². The van der Waals surface area contributed by atoms with Gasteiger partial charge in [-0.05, 0) is 38.7 Å². The Morgan fingerprint density at radius 1 is 1.29 bits per heavy atom. The molecule has 0 aromatic carbocycles. The second kappa shape index (κ2) is 5.93. The molecule has 1 unspecified atom stereocenters. The van der Waals surface area contributed by atoms with Gasteiger partial charge in [-0.25, -0.2) is 0 Å². The first-order valence-corrected chi connectivity index (χ1v) is 8.21. The quantitative estimate of drug-likeness (QED) is 0.930. The highest BCUT2D eigenvalue weighted by atomic mass is 16.5. The Morgan fingerprint density at radius 2 is 2.05 bits per heavy atom. The Balaban J connectivity index is 1.75. The summed E-state index contributed by atoms with van der Waals surface area (Å²) >= 11 is 0. The number of ether oxygens (including phenoxy) is 1. The molecule has 21 heavy (non-hydrogen) atoms. The molecule has 1 aliphatic carbocycles. The van der Waals surface area contributed by atoms with Gasteiger partial charge in [-0.3, -0.25) is 4.79 Å². The highest BCUT2D eigenvalue weighted by Gasteiger charge is 2.40. The molecule has 1 saturated heterocycles. The molecule has 1 atom stereocenters. The molecule has 0 bridgehead atoms. The van der Waals surface area contributed by atoms with E-state index < -0.39 is 0 Å². The minimum Gasteiger partial charge on any atom is -0.370 e. The lowest BCUT2D eigenvalue weighted by atomic mass is 9.83. The third-order valence-electron chi connectivity index (χ3n) is 5.18. The number of hydrogen-bond acceptors (Lipinski definition) is 3. The lowest BCUT2D eigenvalue weighted by Gasteiger charge is -2.33. The lowest BCUT2D eigenvalue weighted by molar-refractivity contribution is -0.0683. The van der Waals surface area contributed by atoms with E-state index in [4.69, 9.17) is 10.5 Å². The van der Waals surface area contributed by atoms with Crippen LogP contribution in [-0.2, 0) is 17.8 Å². The van der Waals surface area contributed by atoms with Crippen LogP contribution in [0, 0.1) is 6.92 Å². The van der Waals surface area contributed by atoms with E-state index in [1.807, 2.05) is 23.6 Å². The van der Waals surface area contributed by atoms with Gasteiger partial charge in [0.15, 0.2) is 0 Å². The highest BCUT2D eigenvalue weighted by Crippen LogP contribution is 2.42. The molecule has 1 spiro atoms. The summed E-state index contributed by atoms with van der Waals surface area (Å²) in [4.78, 5) is 12.4. The molecule has 0 amide bonds. The van der Waals surface area contributed by atoms with Gasteiger partial charge in [0.1, 0.15) is 0 Å². The second-order valence-corrected chi connectivity index (χ2v) is 6.64. The molecule has 1 saturated carbocycles. The van der Waals surface area contributed by atoms with E-state index in [0.29, 0.717) is 18.7 Å². The fourth-order valence-electron chi connectivity index (χ4n) is 3.89. The number of pyridine rings is 1. The van der Waals surface area contributed by atoms with Crippen molar-refractivity contribution in [3.63, 3.8) is 0 Å². The zero-order valence-electron chi connectivity index (χ0n) is 12.9. The molecule has 1 aromatic rings. The number of hydrogen-bond donors (Lipinski definition) is 1. The molecule has 116 valence electrons. The van der Waals surface area contributed by atoms with Crippen molar-refractivity contribution in [2.75, 3.05) is 0 Å². The Morgan fingerprint density at radius 3 is 2.76 bits per heavy atom. The number of nitrogens with two attached hydrogens (primary N) is 1. The highest BCUT2D eigenvalue weighted by molar-refractivity contribution is 5.15. The van der Waals surface area contributed by atoms with Gasteiger partial charge in [-0.1, -0.05) is 25.3 Å². The van der Waals surface area contributed by atoms with Crippen LogP contribution in [0.25, 0.3) is 0 Å². The number of aromatic nitrogens is 1. The van der Waals surface area contributed by atoms with Gasteiger partial charge in [0.05, 0.1) is 18.2 Å². The van der Waals surface area contributed by atoms with Crippen molar-refractivity contribution >= 4 is 0 Å². The molecule has 4 nitrogen and oxygen atoms in total. The van der Waals surface area contributed by atoms with Crippen LogP contribution in [-0.4, -0.2) is 16.3 Å². The first-order valence-electron chi connectivity index (χ1n) is 8.21. The minimum absolute atomic E-state index is 0.0469. The fourth-order valence-corrected chi connectivity index (χ4v) is 3.89. The standard InChI is InChI=1S/C17H26N2O2/c1-13-5-6-14(11-18)16(20)19(13)12-15-7-10-17(21-15)8-3-2-4-9-17/h5-6,15H,2-4,7-12,18H2,1H3. The maximum atomic E-state index is 12.4. The van der Waals surface area contributed by atoms with Crippen molar-refractivity contribution in [2.24, 2.45) is 5.73 Å². The van der Waals surface area contributed by atoms with Gasteiger partial charge in [-0.15, -0.1) is 0 Å². The molecule has 1 aliphatic heterocycles. The fraction of sp³-hybridized carbons (Fsp3) is 0.706. The lowest BCUT2D eigenvalue weighted by Crippen LogP contribution is -2.35. The Bertz CT molecular complexity index is 558. The predicted octanol–water partition coefficient (Wildman–Crippen LogP) is 2.50. The molecule has 2 heterocycles. The topological polar surface area (TPSA) is 57.2 Å². The van der Waals surface area contributed by atoms with Gasteiger partial charge in [-0.2, -0.15) is 0 Å². The van der Waals surface area contributed by atoms with Crippen LogP contribution in [0.1, 0.15) is 56.2 Å². The van der Waals surface area contributed by atoms with E-state index in [2.05, 4.69) is 0 Å². The maximum absolute atomic E-state index is 12.4. The first-order chi connectivity index (χ1) is 10.1. The summed E-state index contributed by atoms with van der Waals surface area (Å²) in [6, 6.07) is 3.82. The predicted molar refractivity (Wildman–Crippen MR) is 83.3 cm³/mol. The number of rotatable bonds is 3. The van der Waals surface area contributed by atoms with E-state index in [1.165, 1.54) is 32.1 Å². The number of aryl methyl sites for hydroxylation is 1. The summed E-state index contributed by atoms with van der Waals surface area (Å²) in [6.45, 7) is 2.95. The molecule has 2 fully saturated rings. The summed E-state index contributed by atoms with van der Waals surface area (Å²) in [6.07, 6.45) is 8.70. The summed E-state index contributed by atoms with van der Waals surface area (Å²) in [7, 11) is 0. The maximum Gasteiger partial charge on any atom is 0.255 e. The average molecular weight is 290 g/mol. The van der Waals surface area contributed by atoms with Gasteiger partial charge in [0, 0.05) is 17.8 Å². The van der Waals surface area contributed by atoms with Crippen LogP contribution < -0.4 is 11.3 Å². The minimum atomic E-state index is 0.0469. The summed E-state index contributed by atoms with van der Waals surface area (Å²) in [5, 5.41) is 0. The van der Waals surface area contributed by atoms with Crippen LogP contribution in [0.4, 0.5) is 0 Å². The van der Waals surface area contributed by atoms with Crippen molar-refractivity contribution < 1.29 is 4.74 Å². The van der Waals surface area contributed by atoms with Crippen molar-refractivity contribution in [1.29, 1.82) is 0 Å². The van der Waals surface area contributed by atoms with Gasteiger partial charge >= 0.3 is 0 Å². The monoisotopic (exact) mass is 290 g/mol. The van der Waals surface area contributed by atoms with Crippen molar-refractivity contribution in [2.45, 2.75) is 76.7 Å². The molecule has 4 heteroatoms. The molecule has 2 aliphatic rings. The van der Waals surface area contributed by atoms with Crippen molar-refractivity contribution in [3.05, 3.63) is 33.7 Å². The van der Waals surface area contributed by atoms with E-state index in [0.717, 1.165) is 18.5 Å². The Hall–Kier alpha value is -1.13. The molecule has 3 rings (SSSR count). The molecule has 2 N–H and O–H groups in total. The van der Waals surface area contributed by atoms with Crippen LogP contribution >= 0.6 is 0 Å². The van der Waals surface area contributed by atoms with Crippen molar-refractivity contribution in [3.8, 4) is 0 Å². The zero-order chi connectivity index (χ0) is 14.9. The van der Waals surface area contributed by atoms with Crippen LogP contribution in [0.5, 0.6) is 0 Å². The summed E-state index contributed by atoms with van der Waals surface area (Å²) in [5.74, 6) is 0. The largest absolute Gasteiger partial charge is 0.370 e. The van der Waals surface area contributed by atoms with Crippen LogP contribution in [0.2, 0.25) is 0 Å². The van der Waals surface area contributed by atoms with Gasteiger partial charge in [0.25, 0.3) is 5.56 Å². The smallest absolute Gasteiger partial charge is 0.255 e. The molecular formula is C17H26N2O2. The first kappa shape index (κ1) is 14.8. The van der Waals surface area contributed by atoms with Gasteiger partial charge < -0.3 is 15.0 Å². The van der Waals surface area contributed by atoms with E-state index in [1.54, 1.807) is 0 Å². The second-order valence-electron chi connectivity index (χ2n) is 6.64. The average Bonchev–Trinajstić information content (AvgIpc) is 2.87. The van der Waals surface area contributed by atoms with E-state index >= 15 is 0 Å². The van der Waals surface area contributed by atoms with E-state index in [9.17, 15) is 4.79 Å². The summed E-state index contributed by atoms with van der Waals surface area (Å²) < 4.78 is 8.23. The SMILES string of the molecule is Cc1ccc(CN)c(=O)n1CC1CCC2(CCCCC2)O1. The van der Waals surface area contributed by atoms with E-state index in [-0.39, 0.29) is 17.3 Å². The normalized spacial score (nSPS) is 24.6. The third-order valence-corrected chi connectivity index (χ3v) is 5.18. The molecule has 1 aromatic heterocycles. The Labute approximate surface area is 126 Å². The number of nitrogens with zero attached hydrogens (tertiary/aromatic N) is 1. The Kier molecular flexibility index (Phi) is 4.18. The molecular weight excluding hydrogens is 264 g/mol.